The number of para-hydroxylation sites is 1. The molecule has 8 nitrogen and oxygen atoms in total. The molecule has 28 heavy (non-hydrogen) atoms. The molecule has 1 aliphatic carbocycles. The van der Waals surface area contributed by atoms with Gasteiger partial charge in [-0.05, 0) is 30.5 Å². The van der Waals surface area contributed by atoms with Gasteiger partial charge in [0, 0.05) is 24.7 Å². The van der Waals surface area contributed by atoms with Crippen molar-refractivity contribution in [2.45, 2.75) is 44.3 Å². The number of hydrogen-bond donors (Lipinski definition) is 2. The van der Waals surface area contributed by atoms with Crippen LogP contribution < -0.4 is 10.6 Å². The molecular weight excluding hydrogens is 358 g/mol. The Balaban J connectivity index is 1.34. The third-order valence-electron chi connectivity index (χ3n) is 5.55. The average Bonchev–Trinajstić information content (AvgIpc) is 3.40. The summed E-state index contributed by atoms with van der Waals surface area (Å²) in [7, 11) is 0. The zero-order valence-electron chi connectivity index (χ0n) is 15.4. The quantitative estimate of drug-likeness (QED) is 0.839. The van der Waals surface area contributed by atoms with E-state index in [-0.39, 0.29) is 30.2 Å². The van der Waals surface area contributed by atoms with E-state index in [4.69, 9.17) is 0 Å². The maximum Gasteiger partial charge on any atom is 0.272 e. The zero-order valence-corrected chi connectivity index (χ0v) is 15.4. The Morgan fingerprint density at radius 2 is 2.00 bits per heavy atom. The van der Waals surface area contributed by atoms with E-state index >= 15 is 0 Å². The van der Waals surface area contributed by atoms with Crippen LogP contribution in [0.3, 0.4) is 0 Å². The molecule has 1 saturated carbocycles. The van der Waals surface area contributed by atoms with Crippen LogP contribution in [0.5, 0.6) is 0 Å². The van der Waals surface area contributed by atoms with Gasteiger partial charge in [0.05, 0.1) is 24.7 Å². The van der Waals surface area contributed by atoms with Gasteiger partial charge in [0.2, 0.25) is 11.8 Å². The number of carbonyl (C=O) groups excluding carboxylic acids is 3. The average molecular weight is 379 g/mol. The number of hydrogen-bond acceptors (Lipinski definition) is 4. The lowest BCUT2D eigenvalue weighted by atomic mass is 9.89. The van der Waals surface area contributed by atoms with Crippen LogP contribution in [0.1, 0.15) is 46.9 Å². The monoisotopic (exact) mass is 379 g/mol. The topological polar surface area (TPSA) is 96.3 Å². The Hall–Kier alpha value is -3.16. The third-order valence-corrected chi connectivity index (χ3v) is 5.55. The summed E-state index contributed by atoms with van der Waals surface area (Å²) in [5.41, 5.74) is 2.81. The van der Waals surface area contributed by atoms with Crippen LogP contribution in [-0.2, 0) is 22.7 Å². The summed E-state index contributed by atoms with van der Waals surface area (Å²) in [4.78, 5) is 39.3. The highest BCUT2D eigenvalue weighted by Gasteiger charge is 2.35. The van der Waals surface area contributed by atoms with Crippen LogP contribution >= 0.6 is 0 Å². The smallest absolute Gasteiger partial charge is 0.272 e. The Kier molecular flexibility index (Phi) is 3.92. The van der Waals surface area contributed by atoms with Gasteiger partial charge in [-0.2, -0.15) is 5.10 Å². The lowest BCUT2D eigenvalue weighted by molar-refractivity contribution is -0.136. The molecule has 1 aromatic carbocycles. The van der Waals surface area contributed by atoms with Gasteiger partial charge in [0.15, 0.2) is 5.69 Å². The number of nitrogens with one attached hydrogen (secondary N) is 2. The number of nitrogens with zero attached hydrogens (tertiary/aromatic N) is 3. The number of aromatic nitrogens is 2. The summed E-state index contributed by atoms with van der Waals surface area (Å²) in [5.74, 6) is -0.825. The summed E-state index contributed by atoms with van der Waals surface area (Å²) in [6.45, 7) is 1.44. The SMILES string of the molecule is O=C1C[C@H](C(=O)N2CCn3nc(C(=O)NC4CC4)cc3C2)c2ccccc2N1. The summed E-state index contributed by atoms with van der Waals surface area (Å²) in [6, 6.07) is 9.49. The summed E-state index contributed by atoms with van der Waals surface area (Å²) in [6.07, 6.45) is 2.21. The first-order valence-electron chi connectivity index (χ1n) is 9.63. The fraction of sp³-hybridized carbons (Fsp3) is 0.400. The molecule has 8 heteroatoms. The highest BCUT2D eigenvalue weighted by molar-refractivity contribution is 6.01. The third kappa shape index (κ3) is 3.04. The van der Waals surface area contributed by atoms with E-state index in [1.807, 2.05) is 24.3 Å². The highest BCUT2D eigenvalue weighted by atomic mass is 16.2. The molecule has 1 fully saturated rings. The fourth-order valence-corrected chi connectivity index (χ4v) is 3.90. The molecule has 0 spiro atoms. The molecule has 0 radical (unpaired) electrons. The van der Waals surface area contributed by atoms with E-state index in [1.165, 1.54) is 0 Å². The van der Waals surface area contributed by atoms with Gasteiger partial charge < -0.3 is 15.5 Å². The van der Waals surface area contributed by atoms with Crippen LogP contribution in [-0.4, -0.2) is 45.0 Å². The molecule has 2 N–H and O–H groups in total. The minimum absolute atomic E-state index is 0.0567. The van der Waals surface area contributed by atoms with E-state index in [2.05, 4.69) is 15.7 Å². The van der Waals surface area contributed by atoms with Crippen LogP contribution in [0.2, 0.25) is 0 Å². The van der Waals surface area contributed by atoms with Gasteiger partial charge in [0.25, 0.3) is 5.91 Å². The first-order valence-corrected chi connectivity index (χ1v) is 9.63. The number of benzene rings is 1. The molecule has 0 bridgehead atoms. The van der Waals surface area contributed by atoms with Crippen LogP contribution in [0, 0.1) is 0 Å². The fourth-order valence-electron chi connectivity index (χ4n) is 3.90. The molecule has 1 aromatic heterocycles. The first kappa shape index (κ1) is 17.0. The van der Waals surface area contributed by atoms with Crippen LogP contribution in [0.4, 0.5) is 5.69 Å². The van der Waals surface area contributed by atoms with Gasteiger partial charge in [-0.15, -0.1) is 0 Å². The number of carbonyl (C=O) groups is 3. The maximum atomic E-state index is 13.2. The van der Waals surface area contributed by atoms with Crippen molar-refractivity contribution in [3.05, 3.63) is 47.3 Å². The van der Waals surface area contributed by atoms with Gasteiger partial charge in [0.1, 0.15) is 0 Å². The van der Waals surface area contributed by atoms with Crippen LogP contribution in [0.25, 0.3) is 0 Å². The number of fused-ring (bicyclic) bond motifs is 2. The summed E-state index contributed by atoms with van der Waals surface area (Å²) < 4.78 is 1.80. The first-order chi connectivity index (χ1) is 13.6. The van der Waals surface area contributed by atoms with E-state index in [0.29, 0.717) is 31.0 Å². The minimum Gasteiger partial charge on any atom is -0.348 e. The van der Waals surface area contributed by atoms with Crippen molar-refractivity contribution in [2.24, 2.45) is 0 Å². The second-order valence-corrected chi connectivity index (χ2v) is 7.64. The highest BCUT2D eigenvalue weighted by Crippen LogP contribution is 2.34. The van der Waals surface area contributed by atoms with Crippen LogP contribution in [0.15, 0.2) is 30.3 Å². The lowest BCUT2D eigenvalue weighted by Crippen LogP contribution is -2.42. The number of anilines is 1. The van der Waals surface area contributed by atoms with Crippen molar-refractivity contribution in [1.82, 2.24) is 20.0 Å². The molecule has 5 rings (SSSR count). The minimum atomic E-state index is -0.475. The molecule has 144 valence electrons. The zero-order chi connectivity index (χ0) is 19.3. The molecule has 1 atom stereocenters. The van der Waals surface area contributed by atoms with Gasteiger partial charge in [-0.3, -0.25) is 19.1 Å². The standard InChI is InChI=1S/C20H21N5O3/c26-18-10-15(14-3-1-2-4-16(14)22-18)20(28)24-7-8-25-13(11-24)9-17(23-25)19(27)21-12-5-6-12/h1-4,9,12,15H,5-8,10-11H2,(H,21,27)(H,22,26)/t15-/m0/s1. The van der Waals surface area contributed by atoms with Gasteiger partial charge in [-0.1, -0.05) is 18.2 Å². The van der Waals surface area contributed by atoms with Crippen molar-refractivity contribution in [3.63, 3.8) is 0 Å². The molecule has 2 aromatic rings. The number of amides is 3. The van der Waals surface area contributed by atoms with E-state index in [9.17, 15) is 14.4 Å². The normalized spacial score (nSPS) is 20.8. The van der Waals surface area contributed by atoms with E-state index in [1.54, 1.807) is 15.6 Å². The predicted molar refractivity (Wildman–Crippen MR) is 101 cm³/mol. The lowest BCUT2D eigenvalue weighted by Gasteiger charge is -2.33. The van der Waals surface area contributed by atoms with Crippen molar-refractivity contribution >= 4 is 23.4 Å². The Bertz CT molecular complexity index is 978. The van der Waals surface area contributed by atoms with E-state index < -0.39 is 5.92 Å². The van der Waals surface area contributed by atoms with Crippen molar-refractivity contribution in [1.29, 1.82) is 0 Å². The Morgan fingerprint density at radius 1 is 1.18 bits per heavy atom. The molecule has 3 heterocycles. The predicted octanol–water partition coefficient (Wildman–Crippen LogP) is 1.24. The van der Waals surface area contributed by atoms with Crippen molar-refractivity contribution < 1.29 is 14.4 Å². The molecule has 3 amide bonds. The molecule has 0 unspecified atom stereocenters. The molecule has 2 aliphatic heterocycles. The molecule has 3 aliphatic rings. The summed E-state index contributed by atoms with van der Waals surface area (Å²) >= 11 is 0. The van der Waals surface area contributed by atoms with Crippen molar-refractivity contribution in [3.8, 4) is 0 Å². The van der Waals surface area contributed by atoms with E-state index in [0.717, 1.165) is 24.1 Å². The van der Waals surface area contributed by atoms with Gasteiger partial charge >= 0.3 is 0 Å². The Labute approximate surface area is 161 Å². The van der Waals surface area contributed by atoms with Crippen molar-refractivity contribution in [2.75, 3.05) is 11.9 Å². The second-order valence-electron chi connectivity index (χ2n) is 7.64. The second kappa shape index (κ2) is 6.47. The number of rotatable bonds is 3. The largest absolute Gasteiger partial charge is 0.348 e. The maximum absolute atomic E-state index is 13.2. The van der Waals surface area contributed by atoms with Gasteiger partial charge in [-0.25, -0.2) is 0 Å². The molecule has 0 saturated heterocycles. The Morgan fingerprint density at radius 3 is 2.82 bits per heavy atom. The molecular formula is C20H21N5O3. The summed E-state index contributed by atoms with van der Waals surface area (Å²) in [5, 5.41) is 10.2.